The summed E-state index contributed by atoms with van der Waals surface area (Å²) in [7, 11) is 0. The van der Waals surface area contributed by atoms with Gasteiger partial charge in [-0.1, -0.05) is 11.8 Å². The molecule has 0 spiro atoms. The zero-order chi connectivity index (χ0) is 14.7. The average Bonchev–Trinajstić information content (AvgIpc) is 2.88. The van der Waals surface area contributed by atoms with Crippen molar-refractivity contribution < 1.29 is 4.39 Å². The number of benzene rings is 1. The first-order valence-corrected chi connectivity index (χ1v) is 7.45. The number of nitrogens with one attached hydrogen (secondary N) is 1. The van der Waals surface area contributed by atoms with Crippen molar-refractivity contribution in [2.75, 3.05) is 0 Å². The van der Waals surface area contributed by atoms with Crippen molar-refractivity contribution in [2.45, 2.75) is 10.9 Å². The lowest BCUT2D eigenvalue weighted by Crippen LogP contribution is -2.00. The van der Waals surface area contributed by atoms with Gasteiger partial charge in [-0.15, -0.1) is 0 Å². The topological polar surface area (TPSA) is 59.4 Å². The fraction of sp³-hybridized carbons (Fsp3) is 0.0769. The van der Waals surface area contributed by atoms with Crippen LogP contribution in [-0.4, -0.2) is 24.7 Å². The van der Waals surface area contributed by atoms with Gasteiger partial charge < -0.3 is 0 Å². The molecule has 0 aliphatic carbocycles. The summed E-state index contributed by atoms with van der Waals surface area (Å²) in [4.78, 5) is 8.29. The molecule has 106 valence electrons. The van der Waals surface area contributed by atoms with Crippen LogP contribution in [0.1, 0.15) is 5.82 Å². The van der Waals surface area contributed by atoms with Gasteiger partial charge in [0.2, 0.25) is 0 Å². The molecule has 0 amide bonds. The van der Waals surface area contributed by atoms with Gasteiger partial charge in [0.25, 0.3) is 0 Å². The third-order valence-corrected chi connectivity index (χ3v) is 3.84. The number of halogens is 1. The van der Waals surface area contributed by atoms with Crippen LogP contribution in [0.15, 0.2) is 47.9 Å². The second kappa shape index (κ2) is 6.15. The maximum Gasteiger partial charge on any atom is 0.199 e. The number of H-pyrrole nitrogens is 1. The standard InChI is InChI=1S/C13H10FN5S2/c14-9-2-4-10(5-3-9)19-11(17-18-13(19)20)8-21-12-15-6-1-7-16-12/h1-7H,8H2,(H,18,20). The van der Waals surface area contributed by atoms with Crippen LogP contribution in [0, 0.1) is 10.6 Å². The van der Waals surface area contributed by atoms with E-state index >= 15 is 0 Å². The van der Waals surface area contributed by atoms with Gasteiger partial charge in [-0.05, 0) is 42.5 Å². The molecular formula is C13H10FN5S2. The fourth-order valence-electron chi connectivity index (χ4n) is 1.77. The highest BCUT2D eigenvalue weighted by Crippen LogP contribution is 2.20. The summed E-state index contributed by atoms with van der Waals surface area (Å²) in [5, 5.41) is 7.62. The molecule has 0 aliphatic rings. The van der Waals surface area contributed by atoms with E-state index in [4.69, 9.17) is 12.2 Å². The van der Waals surface area contributed by atoms with E-state index in [-0.39, 0.29) is 5.82 Å². The second-order valence-corrected chi connectivity index (χ2v) is 5.41. The van der Waals surface area contributed by atoms with E-state index in [1.165, 1.54) is 23.9 Å². The van der Waals surface area contributed by atoms with Crippen molar-refractivity contribution in [1.82, 2.24) is 24.7 Å². The molecule has 0 unspecified atom stereocenters. The summed E-state index contributed by atoms with van der Waals surface area (Å²) >= 11 is 6.68. The van der Waals surface area contributed by atoms with Crippen molar-refractivity contribution in [3.63, 3.8) is 0 Å². The molecule has 8 heteroatoms. The molecular weight excluding hydrogens is 309 g/mol. The van der Waals surface area contributed by atoms with Gasteiger partial charge in [0.1, 0.15) is 11.6 Å². The fourth-order valence-corrected chi connectivity index (χ4v) is 2.75. The van der Waals surface area contributed by atoms with Crippen LogP contribution >= 0.6 is 24.0 Å². The number of rotatable bonds is 4. The van der Waals surface area contributed by atoms with Crippen molar-refractivity contribution >= 4 is 24.0 Å². The summed E-state index contributed by atoms with van der Waals surface area (Å²) in [5.74, 6) is 0.987. The van der Waals surface area contributed by atoms with Gasteiger partial charge in [-0.2, -0.15) is 5.10 Å². The van der Waals surface area contributed by atoms with E-state index in [0.29, 0.717) is 15.7 Å². The van der Waals surface area contributed by atoms with Crippen LogP contribution in [0.5, 0.6) is 0 Å². The number of aromatic nitrogens is 5. The molecule has 0 radical (unpaired) electrons. The summed E-state index contributed by atoms with van der Waals surface area (Å²) in [6.45, 7) is 0. The van der Waals surface area contributed by atoms with E-state index in [9.17, 15) is 4.39 Å². The molecule has 21 heavy (non-hydrogen) atoms. The summed E-state index contributed by atoms with van der Waals surface area (Å²) in [6, 6.07) is 7.86. The van der Waals surface area contributed by atoms with Gasteiger partial charge in [0.15, 0.2) is 9.93 Å². The number of nitrogens with zero attached hydrogens (tertiary/aromatic N) is 4. The van der Waals surface area contributed by atoms with E-state index in [0.717, 1.165) is 11.5 Å². The number of thioether (sulfide) groups is 1. The van der Waals surface area contributed by atoms with Crippen LogP contribution < -0.4 is 0 Å². The second-order valence-electron chi connectivity index (χ2n) is 4.08. The Balaban J connectivity index is 1.87. The molecule has 2 aromatic heterocycles. The largest absolute Gasteiger partial charge is 0.271 e. The van der Waals surface area contributed by atoms with Crippen LogP contribution in [-0.2, 0) is 5.75 Å². The molecule has 1 aromatic carbocycles. The molecule has 1 N–H and O–H groups in total. The lowest BCUT2D eigenvalue weighted by atomic mass is 10.3. The highest BCUT2D eigenvalue weighted by molar-refractivity contribution is 7.98. The summed E-state index contributed by atoms with van der Waals surface area (Å²) in [6.07, 6.45) is 3.37. The molecule has 0 saturated carbocycles. The predicted molar refractivity (Wildman–Crippen MR) is 80.3 cm³/mol. The Kier molecular flexibility index (Phi) is 4.07. The van der Waals surface area contributed by atoms with E-state index in [2.05, 4.69) is 20.2 Å². The monoisotopic (exact) mass is 319 g/mol. The molecule has 0 aliphatic heterocycles. The lowest BCUT2D eigenvalue weighted by Gasteiger charge is -2.06. The maximum absolute atomic E-state index is 13.0. The lowest BCUT2D eigenvalue weighted by molar-refractivity contribution is 0.627. The van der Waals surface area contributed by atoms with E-state index < -0.39 is 0 Å². The zero-order valence-electron chi connectivity index (χ0n) is 10.7. The molecule has 5 nitrogen and oxygen atoms in total. The minimum atomic E-state index is -0.289. The minimum absolute atomic E-state index is 0.289. The quantitative estimate of drug-likeness (QED) is 0.455. The molecule has 0 fully saturated rings. The van der Waals surface area contributed by atoms with Crippen molar-refractivity contribution in [1.29, 1.82) is 0 Å². The first kappa shape index (κ1) is 13.9. The Labute approximate surface area is 129 Å². The highest BCUT2D eigenvalue weighted by atomic mass is 32.2. The summed E-state index contributed by atoms with van der Waals surface area (Å²) in [5.41, 5.74) is 0.764. The first-order chi connectivity index (χ1) is 10.2. The molecule has 0 atom stereocenters. The SMILES string of the molecule is Fc1ccc(-n2c(CSc3ncccn3)n[nH]c2=S)cc1. The molecule has 3 aromatic rings. The third-order valence-electron chi connectivity index (χ3n) is 2.70. The number of aromatic amines is 1. The van der Waals surface area contributed by atoms with Gasteiger partial charge in [-0.3, -0.25) is 9.67 Å². The minimum Gasteiger partial charge on any atom is -0.271 e. The Hall–Kier alpha value is -2.06. The smallest absolute Gasteiger partial charge is 0.199 e. The van der Waals surface area contributed by atoms with E-state index in [1.54, 1.807) is 35.2 Å². The normalized spacial score (nSPS) is 10.7. The Morgan fingerprint density at radius 1 is 1.19 bits per heavy atom. The maximum atomic E-state index is 13.0. The Morgan fingerprint density at radius 3 is 2.62 bits per heavy atom. The Bertz CT molecular complexity index is 782. The van der Waals surface area contributed by atoms with Crippen molar-refractivity contribution in [3.8, 4) is 5.69 Å². The van der Waals surface area contributed by atoms with Gasteiger partial charge in [-0.25, -0.2) is 14.4 Å². The van der Waals surface area contributed by atoms with Crippen molar-refractivity contribution in [2.24, 2.45) is 0 Å². The van der Waals surface area contributed by atoms with Crippen molar-refractivity contribution in [3.05, 3.63) is 59.1 Å². The summed E-state index contributed by atoms with van der Waals surface area (Å²) < 4.78 is 15.3. The number of hydrogen-bond acceptors (Lipinski definition) is 5. The van der Waals surface area contributed by atoms with Gasteiger partial charge in [0.05, 0.1) is 5.75 Å². The first-order valence-electron chi connectivity index (χ1n) is 6.06. The van der Waals surface area contributed by atoms with Crippen LogP contribution in [0.4, 0.5) is 4.39 Å². The van der Waals surface area contributed by atoms with E-state index in [1.807, 2.05) is 0 Å². The molecule has 0 bridgehead atoms. The molecule has 2 heterocycles. The zero-order valence-corrected chi connectivity index (χ0v) is 12.4. The van der Waals surface area contributed by atoms with Crippen LogP contribution in [0.3, 0.4) is 0 Å². The van der Waals surface area contributed by atoms with Gasteiger partial charge >= 0.3 is 0 Å². The highest BCUT2D eigenvalue weighted by Gasteiger charge is 2.09. The number of hydrogen-bond donors (Lipinski definition) is 1. The third kappa shape index (κ3) is 3.17. The van der Waals surface area contributed by atoms with Crippen LogP contribution in [0.2, 0.25) is 0 Å². The predicted octanol–water partition coefficient (Wildman–Crippen LogP) is 3.15. The Morgan fingerprint density at radius 2 is 1.90 bits per heavy atom. The van der Waals surface area contributed by atoms with Gasteiger partial charge in [0, 0.05) is 18.1 Å². The molecule has 0 saturated heterocycles. The molecule has 3 rings (SSSR count). The van der Waals surface area contributed by atoms with Crippen LogP contribution in [0.25, 0.3) is 5.69 Å². The average molecular weight is 319 g/mol.